The van der Waals surface area contributed by atoms with E-state index in [9.17, 15) is 10.1 Å². The predicted octanol–water partition coefficient (Wildman–Crippen LogP) is 1.96. The molecule has 0 aliphatic carbocycles. The standard InChI is InChI=1S/C13H14N4O3/c18-15-13-10-8-9(17(19)20)5-6-11(10)16-7-3-1-2-4-12(16)14-13/h5-6,8,18H,1-4,7H2/b15-13-. The zero-order valence-corrected chi connectivity index (χ0v) is 10.8. The lowest BCUT2D eigenvalue weighted by Crippen LogP contribution is -2.19. The van der Waals surface area contributed by atoms with Crippen LogP contribution >= 0.6 is 0 Å². The fourth-order valence-electron chi connectivity index (χ4n) is 2.68. The van der Waals surface area contributed by atoms with Crippen LogP contribution in [-0.2, 0) is 13.0 Å². The summed E-state index contributed by atoms with van der Waals surface area (Å²) in [6.45, 7) is 0.836. The number of benzene rings is 1. The van der Waals surface area contributed by atoms with E-state index < -0.39 is 4.92 Å². The lowest BCUT2D eigenvalue weighted by molar-refractivity contribution is -0.384. The second kappa shape index (κ2) is 4.92. The van der Waals surface area contributed by atoms with Crippen LogP contribution in [0.3, 0.4) is 0 Å². The zero-order valence-electron chi connectivity index (χ0n) is 10.8. The van der Waals surface area contributed by atoms with E-state index in [0.29, 0.717) is 5.39 Å². The fraction of sp³-hybridized carbons (Fsp3) is 0.385. The largest absolute Gasteiger partial charge is 0.409 e. The van der Waals surface area contributed by atoms with Crippen molar-refractivity contribution in [3.05, 3.63) is 39.6 Å². The maximum Gasteiger partial charge on any atom is 0.270 e. The van der Waals surface area contributed by atoms with Crippen molar-refractivity contribution in [2.75, 3.05) is 0 Å². The highest BCUT2D eigenvalue weighted by molar-refractivity contribution is 5.80. The van der Waals surface area contributed by atoms with Gasteiger partial charge in [-0.05, 0) is 18.9 Å². The smallest absolute Gasteiger partial charge is 0.270 e. The van der Waals surface area contributed by atoms with Crippen LogP contribution in [-0.4, -0.2) is 19.7 Å². The number of hydrogen-bond donors (Lipinski definition) is 1. The molecule has 0 bridgehead atoms. The number of non-ortho nitro benzene ring substituents is 1. The Morgan fingerprint density at radius 2 is 2.20 bits per heavy atom. The molecule has 0 saturated carbocycles. The molecule has 1 aliphatic rings. The number of nitro groups is 1. The minimum atomic E-state index is -0.461. The van der Waals surface area contributed by atoms with Gasteiger partial charge in [-0.2, -0.15) is 0 Å². The van der Waals surface area contributed by atoms with Crippen molar-refractivity contribution in [1.82, 2.24) is 9.55 Å². The molecule has 0 radical (unpaired) electrons. The summed E-state index contributed by atoms with van der Waals surface area (Å²) in [6, 6.07) is 4.59. The number of rotatable bonds is 1. The van der Waals surface area contributed by atoms with Crippen molar-refractivity contribution in [3.8, 4) is 0 Å². The van der Waals surface area contributed by atoms with Crippen LogP contribution in [0.5, 0.6) is 0 Å². The molecule has 1 N–H and O–H groups in total. The second-order valence-electron chi connectivity index (χ2n) is 4.87. The number of aromatic nitrogens is 2. The topological polar surface area (TPSA) is 93.6 Å². The molecule has 1 aromatic carbocycles. The van der Waals surface area contributed by atoms with Crippen LogP contribution < -0.4 is 5.49 Å². The van der Waals surface area contributed by atoms with Gasteiger partial charge in [0.25, 0.3) is 5.69 Å². The summed E-state index contributed by atoms with van der Waals surface area (Å²) in [7, 11) is 0. The zero-order chi connectivity index (χ0) is 14.1. The highest BCUT2D eigenvalue weighted by Gasteiger charge is 2.15. The first-order valence-corrected chi connectivity index (χ1v) is 6.56. The van der Waals surface area contributed by atoms with E-state index in [-0.39, 0.29) is 11.2 Å². The number of nitrogens with zero attached hydrogens (tertiary/aromatic N) is 4. The van der Waals surface area contributed by atoms with Gasteiger partial charge in [-0.3, -0.25) is 10.1 Å². The van der Waals surface area contributed by atoms with Crippen LogP contribution in [0.15, 0.2) is 23.4 Å². The van der Waals surface area contributed by atoms with Crippen molar-refractivity contribution < 1.29 is 10.1 Å². The van der Waals surface area contributed by atoms with Gasteiger partial charge >= 0.3 is 0 Å². The Morgan fingerprint density at radius 1 is 1.35 bits per heavy atom. The van der Waals surface area contributed by atoms with Gasteiger partial charge in [0, 0.05) is 25.1 Å². The van der Waals surface area contributed by atoms with Gasteiger partial charge < -0.3 is 9.77 Å². The Kier molecular flexibility index (Phi) is 3.09. The van der Waals surface area contributed by atoms with E-state index in [4.69, 9.17) is 5.21 Å². The molecule has 2 aromatic rings. The summed E-state index contributed by atoms with van der Waals surface area (Å²) in [4.78, 5) is 14.8. The van der Waals surface area contributed by atoms with Crippen LogP contribution in [0.25, 0.3) is 10.9 Å². The molecule has 0 unspecified atom stereocenters. The SMILES string of the molecule is O=[N+]([O-])c1ccc2c(c1)/c(=N/O)nc1n2CCCCC1. The van der Waals surface area contributed by atoms with Crippen molar-refractivity contribution in [3.63, 3.8) is 0 Å². The predicted molar refractivity (Wildman–Crippen MR) is 71.3 cm³/mol. The third-order valence-corrected chi connectivity index (χ3v) is 3.65. The second-order valence-corrected chi connectivity index (χ2v) is 4.87. The van der Waals surface area contributed by atoms with Crippen molar-refractivity contribution in [1.29, 1.82) is 0 Å². The molecular weight excluding hydrogens is 260 g/mol. The lowest BCUT2D eigenvalue weighted by atomic mass is 10.2. The van der Waals surface area contributed by atoms with Gasteiger partial charge in [0.15, 0.2) is 0 Å². The first-order chi connectivity index (χ1) is 9.70. The maximum atomic E-state index is 10.9. The van der Waals surface area contributed by atoms with Gasteiger partial charge in [-0.1, -0.05) is 11.6 Å². The Bertz CT molecular complexity index is 751. The molecule has 20 heavy (non-hydrogen) atoms. The summed E-state index contributed by atoms with van der Waals surface area (Å²) in [6.07, 6.45) is 4.07. The number of nitro benzene ring substituents is 1. The quantitative estimate of drug-likeness (QED) is 0.488. The average molecular weight is 274 g/mol. The maximum absolute atomic E-state index is 10.9. The molecule has 104 valence electrons. The molecule has 1 aromatic heterocycles. The van der Waals surface area contributed by atoms with Gasteiger partial charge in [-0.25, -0.2) is 4.98 Å². The molecule has 7 heteroatoms. The average Bonchev–Trinajstić information content (AvgIpc) is 2.70. The summed E-state index contributed by atoms with van der Waals surface area (Å²) in [5.41, 5.74) is 0.950. The first kappa shape index (κ1) is 12.6. The molecule has 3 rings (SSSR count). The van der Waals surface area contributed by atoms with E-state index in [0.717, 1.165) is 43.6 Å². The third-order valence-electron chi connectivity index (χ3n) is 3.65. The van der Waals surface area contributed by atoms with E-state index in [1.54, 1.807) is 6.07 Å². The fourth-order valence-corrected chi connectivity index (χ4v) is 2.68. The number of hydrogen-bond acceptors (Lipinski definition) is 5. The minimum Gasteiger partial charge on any atom is -0.409 e. The normalized spacial score (nSPS) is 15.9. The first-order valence-electron chi connectivity index (χ1n) is 6.56. The van der Waals surface area contributed by atoms with E-state index in [2.05, 4.69) is 14.7 Å². The Labute approximate surface area is 114 Å². The molecule has 1 aliphatic heterocycles. The summed E-state index contributed by atoms with van der Waals surface area (Å²) in [5.74, 6) is 0.872. The Morgan fingerprint density at radius 3 is 2.95 bits per heavy atom. The van der Waals surface area contributed by atoms with Gasteiger partial charge in [0.2, 0.25) is 5.49 Å². The van der Waals surface area contributed by atoms with Gasteiger partial charge in [0.05, 0.1) is 15.8 Å². The van der Waals surface area contributed by atoms with Crippen LogP contribution in [0.2, 0.25) is 0 Å². The van der Waals surface area contributed by atoms with E-state index in [1.165, 1.54) is 12.1 Å². The molecule has 0 amide bonds. The molecule has 2 heterocycles. The number of aryl methyl sites for hydroxylation is 2. The summed E-state index contributed by atoms with van der Waals surface area (Å²) < 4.78 is 2.07. The minimum absolute atomic E-state index is 0.0293. The molecule has 0 spiro atoms. The van der Waals surface area contributed by atoms with E-state index >= 15 is 0 Å². The van der Waals surface area contributed by atoms with Crippen molar-refractivity contribution in [2.45, 2.75) is 32.2 Å². The van der Waals surface area contributed by atoms with Crippen LogP contribution in [0, 0.1) is 10.1 Å². The highest BCUT2D eigenvalue weighted by Crippen LogP contribution is 2.22. The van der Waals surface area contributed by atoms with Gasteiger partial charge in [0.1, 0.15) is 5.82 Å². The molecule has 7 nitrogen and oxygen atoms in total. The highest BCUT2D eigenvalue weighted by atomic mass is 16.6. The van der Waals surface area contributed by atoms with Crippen LogP contribution in [0.4, 0.5) is 5.69 Å². The summed E-state index contributed by atoms with van der Waals surface area (Å²) >= 11 is 0. The third kappa shape index (κ3) is 2.01. The Hall–Kier alpha value is -2.44. The van der Waals surface area contributed by atoms with E-state index in [1.807, 2.05) is 0 Å². The molecule has 0 atom stereocenters. The summed E-state index contributed by atoms with van der Waals surface area (Å²) in [5, 5.41) is 23.7. The van der Waals surface area contributed by atoms with Gasteiger partial charge in [-0.15, -0.1) is 0 Å². The van der Waals surface area contributed by atoms with Crippen molar-refractivity contribution in [2.24, 2.45) is 5.16 Å². The monoisotopic (exact) mass is 274 g/mol. The molecule has 0 fully saturated rings. The lowest BCUT2D eigenvalue weighted by Gasteiger charge is -2.13. The van der Waals surface area contributed by atoms with Crippen molar-refractivity contribution >= 4 is 16.6 Å². The van der Waals surface area contributed by atoms with Crippen LogP contribution in [0.1, 0.15) is 25.1 Å². The molecular formula is C13H14N4O3. The molecule has 0 saturated heterocycles. The Balaban J connectivity index is 2.35. The number of fused-ring (bicyclic) bond motifs is 3.